The van der Waals surface area contributed by atoms with Crippen LogP contribution in [0, 0.1) is 11.6 Å². The van der Waals surface area contributed by atoms with Crippen LogP contribution in [-0.2, 0) is 4.79 Å². The van der Waals surface area contributed by atoms with Gasteiger partial charge in [-0.25, -0.2) is 8.78 Å². The highest BCUT2D eigenvalue weighted by Gasteiger charge is 2.07. The molecule has 19 heavy (non-hydrogen) atoms. The van der Waals surface area contributed by atoms with Crippen LogP contribution in [0.3, 0.4) is 0 Å². The van der Waals surface area contributed by atoms with Gasteiger partial charge < -0.3 is 10.4 Å². The number of carbonyl (C=O) groups is 1. The van der Waals surface area contributed by atoms with E-state index in [-0.39, 0.29) is 23.2 Å². The first-order valence-electron chi connectivity index (χ1n) is 6.09. The van der Waals surface area contributed by atoms with Crippen molar-refractivity contribution in [3.63, 3.8) is 0 Å². The maximum Gasteiger partial charge on any atom is 0.230 e. The molecule has 0 saturated carbocycles. The van der Waals surface area contributed by atoms with Crippen LogP contribution < -0.4 is 5.32 Å². The number of hydrogen-bond donors (Lipinski definition) is 2. The topological polar surface area (TPSA) is 49.3 Å². The van der Waals surface area contributed by atoms with E-state index in [4.69, 9.17) is 5.11 Å². The molecule has 0 heterocycles. The normalized spacial score (nSPS) is 10.5. The molecule has 0 fully saturated rings. The minimum atomic E-state index is -0.652. The maximum absolute atomic E-state index is 13.3. The summed E-state index contributed by atoms with van der Waals surface area (Å²) in [4.78, 5) is 11.7. The summed E-state index contributed by atoms with van der Waals surface area (Å²) in [6.45, 7) is 0.707. The zero-order valence-electron chi connectivity index (χ0n) is 10.5. The molecule has 1 rings (SSSR count). The average molecular weight is 289 g/mol. The minimum Gasteiger partial charge on any atom is -0.396 e. The molecular formula is C13H17F2NO2S. The van der Waals surface area contributed by atoms with Crippen LogP contribution in [0.4, 0.5) is 8.78 Å². The molecule has 106 valence electrons. The molecule has 2 N–H and O–H groups in total. The fraction of sp³-hybridized carbons (Fsp3) is 0.462. The van der Waals surface area contributed by atoms with Crippen molar-refractivity contribution in [1.82, 2.24) is 5.32 Å². The van der Waals surface area contributed by atoms with Gasteiger partial charge in [0.1, 0.15) is 11.6 Å². The lowest BCUT2D eigenvalue weighted by atomic mass is 10.2. The van der Waals surface area contributed by atoms with E-state index in [0.29, 0.717) is 6.54 Å². The molecule has 0 saturated heterocycles. The molecule has 0 aliphatic heterocycles. The summed E-state index contributed by atoms with van der Waals surface area (Å²) in [6, 6.07) is 3.29. The van der Waals surface area contributed by atoms with Gasteiger partial charge in [-0.1, -0.05) is 0 Å². The van der Waals surface area contributed by atoms with E-state index in [1.165, 1.54) is 6.07 Å². The monoisotopic (exact) mass is 289 g/mol. The first-order chi connectivity index (χ1) is 9.13. The van der Waals surface area contributed by atoms with Crippen LogP contribution in [0.2, 0.25) is 0 Å². The predicted molar refractivity (Wildman–Crippen MR) is 71.0 cm³/mol. The van der Waals surface area contributed by atoms with Gasteiger partial charge in [-0.2, -0.15) is 0 Å². The van der Waals surface area contributed by atoms with Gasteiger partial charge in [0, 0.05) is 24.1 Å². The second-order valence-electron chi connectivity index (χ2n) is 4.00. The number of carbonyl (C=O) groups excluding carboxylic acids is 1. The molecular weight excluding hydrogens is 272 g/mol. The Balaban J connectivity index is 2.22. The Morgan fingerprint density at radius 1 is 1.26 bits per heavy atom. The number of unbranched alkanes of at least 4 members (excludes halogenated alkanes) is 2. The Morgan fingerprint density at radius 2 is 2.05 bits per heavy atom. The van der Waals surface area contributed by atoms with Crippen molar-refractivity contribution in [2.45, 2.75) is 24.2 Å². The van der Waals surface area contributed by atoms with Crippen LogP contribution in [0.5, 0.6) is 0 Å². The molecule has 0 radical (unpaired) electrons. The Labute approximate surface area is 115 Å². The Kier molecular flexibility index (Phi) is 7.43. The Hall–Kier alpha value is -1.14. The third kappa shape index (κ3) is 6.54. The van der Waals surface area contributed by atoms with E-state index < -0.39 is 11.6 Å². The number of aliphatic hydroxyl groups is 1. The highest BCUT2D eigenvalue weighted by molar-refractivity contribution is 8.00. The van der Waals surface area contributed by atoms with Crippen LogP contribution >= 0.6 is 11.8 Å². The molecule has 0 spiro atoms. The number of benzene rings is 1. The quantitative estimate of drug-likeness (QED) is 0.570. The van der Waals surface area contributed by atoms with Gasteiger partial charge in [0.2, 0.25) is 5.91 Å². The van der Waals surface area contributed by atoms with E-state index >= 15 is 0 Å². The van der Waals surface area contributed by atoms with Gasteiger partial charge in [0.05, 0.1) is 5.75 Å². The standard InChI is InChI=1S/C13H17F2NO2S/c14-10-4-5-12(11(15)8-10)19-9-13(18)16-6-2-1-3-7-17/h4-5,8,17H,1-3,6-7,9H2,(H,16,18). The summed E-state index contributed by atoms with van der Waals surface area (Å²) >= 11 is 1.04. The van der Waals surface area contributed by atoms with Crippen molar-refractivity contribution in [2.75, 3.05) is 18.9 Å². The second kappa shape index (κ2) is 8.87. The fourth-order valence-corrected chi connectivity index (χ4v) is 2.18. The Morgan fingerprint density at radius 3 is 2.74 bits per heavy atom. The molecule has 0 unspecified atom stereocenters. The molecule has 0 aliphatic rings. The number of aliphatic hydroxyl groups excluding tert-OH is 1. The van der Waals surface area contributed by atoms with Crippen molar-refractivity contribution < 1.29 is 18.7 Å². The summed E-state index contributed by atoms with van der Waals surface area (Å²) in [5, 5.41) is 11.3. The number of halogens is 2. The number of hydrogen-bond acceptors (Lipinski definition) is 3. The number of thioether (sulfide) groups is 1. The molecule has 0 aromatic heterocycles. The van der Waals surface area contributed by atoms with Gasteiger partial charge >= 0.3 is 0 Å². The summed E-state index contributed by atoms with van der Waals surface area (Å²) in [5.41, 5.74) is 0. The summed E-state index contributed by atoms with van der Waals surface area (Å²) in [6.07, 6.45) is 2.39. The van der Waals surface area contributed by atoms with Crippen LogP contribution in [0.25, 0.3) is 0 Å². The first kappa shape index (κ1) is 15.9. The first-order valence-corrected chi connectivity index (χ1v) is 7.07. The lowest BCUT2D eigenvalue weighted by Gasteiger charge is -2.05. The average Bonchev–Trinajstić information content (AvgIpc) is 2.37. The SMILES string of the molecule is O=C(CSc1ccc(F)cc1F)NCCCCCO. The van der Waals surface area contributed by atoms with Gasteiger partial charge in [-0.15, -0.1) is 11.8 Å². The highest BCUT2D eigenvalue weighted by Crippen LogP contribution is 2.21. The Bertz CT molecular complexity index is 416. The van der Waals surface area contributed by atoms with Crippen molar-refractivity contribution in [3.8, 4) is 0 Å². The fourth-order valence-electron chi connectivity index (χ4n) is 1.43. The number of rotatable bonds is 8. The molecule has 0 aliphatic carbocycles. The van der Waals surface area contributed by atoms with Gasteiger partial charge in [0.25, 0.3) is 0 Å². The largest absolute Gasteiger partial charge is 0.396 e. The molecule has 3 nitrogen and oxygen atoms in total. The lowest BCUT2D eigenvalue weighted by molar-refractivity contribution is -0.118. The van der Waals surface area contributed by atoms with Crippen molar-refractivity contribution in [1.29, 1.82) is 0 Å². The molecule has 1 amide bonds. The third-order valence-electron chi connectivity index (χ3n) is 2.41. The molecule has 0 atom stereocenters. The second-order valence-corrected chi connectivity index (χ2v) is 5.01. The minimum absolute atomic E-state index is 0.0998. The molecule has 0 bridgehead atoms. The number of amides is 1. The highest BCUT2D eigenvalue weighted by atomic mass is 32.2. The van der Waals surface area contributed by atoms with Crippen molar-refractivity contribution >= 4 is 17.7 Å². The van der Waals surface area contributed by atoms with Crippen molar-refractivity contribution in [2.24, 2.45) is 0 Å². The summed E-state index contributed by atoms with van der Waals surface area (Å²) in [7, 11) is 0. The van der Waals surface area contributed by atoms with E-state index in [9.17, 15) is 13.6 Å². The van der Waals surface area contributed by atoms with E-state index in [1.807, 2.05) is 0 Å². The van der Waals surface area contributed by atoms with E-state index in [1.54, 1.807) is 0 Å². The van der Waals surface area contributed by atoms with Crippen LogP contribution in [0.1, 0.15) is 19.3 Å². The van der Waals surface area contributed by atoms with Gasteiger partial charge in [0.15, 0.2) is 0 Å². The summed E-state index contributed by atoms with van der Waals surface area (Å²) < 4.78 is 25.9. The molecule has 1 aromatic carbocycles. The van der Waals surface area contributed by atoms with E-state index in [0.717, 1.165) is 43.2 Å². The zero-order chi connectivity index (χ0) is 14.1. The maximum atomic E-state index is 13.3. The van der Waals surface area contributed by atoms with Gasteiger partial charge in [-0.3, -0.25) is 4.79 Å². The molecule has 6 heteroatoms. The summed E-state index contributed by atoms with van der Waals surface area (Å²) in [5.74, 6) is -1.36. The smallest absolute Gasteiger partial charge is 0.230 e. The van der Waals surface area contributed by atoms with Crippen LogP contribution in [-0.4, -0.2) is 29.9 Å². The third-order valence-corrected chi connectivity index (χ3v) is 3.46. The van der Waals surface area contributed by atoms with Crippen LogP contribution in [0.15, 0.2) is 23.1 Å². The zero-order valence-corrected chi connectivity index (χ0v) is 11.3. The van der Waals surface area contributed by atoms with Gasteiger partial charge in [-0.05, 0) is 31.4 Å². The van der Waals surface area contributed by atoms with Crippen molar-refractivity contribution in [3.05, 3.63) is 29.8 Å². The number of nitrogens with one attached hydrogen (secondary N) is 1. The lowest BCUT2D eigenvalue weighted by Crippen LogP contribution is -2.26. The predicted octanol–water partition coefficient (Wildman–Crippen LogP) is 2.34. The van der Waals surface area contributed by atoms with E-state index in [2.05, 4.69) is 5.32 Å². The molecule has 1 aromatic rings.